The summed E-state index contributed by atoms with van der Waals surface area (Å²) in [7, 11) is 4.00. The van der Waals surface area contributed by atoms with E-state index in [9.17, 15) is 4.79 Å². The first-order valence-electron chi connectivity index (χ1n) is 10.6. The van der Waals surface area contributed by atoms with E-state index in [2.05, 4.69) is 39.8 Å². The maximum Gasteiger partial charge on any atom is 0.260 e. The quantitative estimate of drug-likeness (QED) is 0.600. The van der Waals surface area contributed by atoms with Crippen molar-refractivity contribution in [1.82, 2.24) is 4.98 Å². The van der Waals surface area contributed by atoms with Gasteiger partial charge < -0.3 is 9.80 Å². The van der Waals surface area contributed by atoms with Crippen molar-refractivity contribution in [2.75, 3.05) is 50.1 Å². The predicted octanol–water partition coefficient (Wildman–Crippen LogP) is 3.55. The minimum Gasteiger partial charge on any atom is -0.378 e. The molecule has 30 heavy (non-hydrogen) atoms. The minimum atomic E-state index is 0.0142. The fourth-order valence-electron chi connectivity index (χ4n) is 3.69. The van der Waals surface area contributed by atoms with E-state index in [1.54, 1.807) is 11.3 Å². The van der Waals surface area contributed by atoms with Gasteiger partial charge in [0, 0.05) is 25.3 Å². The van der Waals surface area contributed by atoms with E-state index in [-0.39, 0.29) is 5.91 Å². The number of hydrogen-bond donors (Lipinski definition) is 1. The molecule has 0 aliphatic carbocycles. The number of rotatable bonds is 8. The number of likely N-dealkylation sites (N-methyl/N-ethyl adjacent to an activating group) is 1. The van der Waals surface area contributed by atoms with Crippen LogP contribution in [0.4, 0.5) is 10.8 Å². The van der Waals surface area contributed by atoms with Gasteiger partial charge in [0.15, 0.2) is 5.13 Å². The number of carbonyl (C=O) groups is 1. The molecule has 1 amide bonds. The van der Waals surface area contributed by atoms with Crippen LogP contribution in [0, 0.1) is 13.8 Å². The maximum atomic E-state index is 13.5. The molecule has 1 N–H and O–H groups in total. The van der Waals surface area contributed by atoms with E-state index in [4.69, 9.17) is 4.98 Å². The molecular weight excluding hydrogens is 392 g/mol. The van der Waals surface area contributed by atoms with Crippen molar-refractivity contribution in [3.63, 3.8) is 0 Å². The zero-order valence-corrected chi connectivity index (χ0v) is 19.8. The molecule has 1 heterocycles. The third kappa shape index (κ3) is 4.82. The Morgan fingerprint density at radius 3 is 2.33 bits per heavy atom. The number of amides is 1. The summed E-state index contributed by atoms with van der Waals surface area (Å²) < 4.78 is 1.14. The van der Waals surface area contributed by atoms with Gasteiger partial charge in [0.2, 0.25) is 0 Å². The molecule has 2 aromatic carbocycles. The van der Waals surface area contributed by atoms with E-state index < -0.39 is 0 Å². The number of quaternary nitrogens is 1. The van der Waals surface area contributed by atoms with Gasteiger partial charge in [-0.25, -0.2) is 4.98 Å². The molecule has 0 saturated heterocycles. The summed E-state index contributed by atoms with van der Waals surface area (Å²) in [4.78, 5) is 23.8. The molecule has 3 rings (SSSR count). The van der Waals surface area contributed by atoms with E-state index in [1.807, 2.05) is 48.2 Å². The molecule has 0 fully saturated rings. The lowest BCUT2D eigenvalue weighted by Crippen LogP contribution is -3.12. The van der Waals surface area contributed by atoms with Crippen LogP contribution in [-0.2, 0) is 0 Å². The number of aromatic nitrogens is 1. The van der Waals surface area contributed by atoms with Gasteiger partial charge in [-0.15, -0.1) is 0 Å². The summed E-state index contributed by atoms with van der Waals surface area (Å²) in [5, 5.41) is 0.784. The Bertz CT molecular complexity index is 1010. The molecule has 0 radical (unpaired) electrons. The van der Waals surface area contributed by atoms with Crippen molar-refractivity contribution in [2.45, 2.75) is 27.7 Å². The molecule has 6 heteroatoms. The molecule has 160 valence electrons. The van der Waals surface area contributed by atoms with Crippen LogP contribution in [0.15, 0.2) is 36.4 Å². The highest BCUT2D eigenvalue weighted by atomic mass is 32.1. The average molecular weight is 426 g/mol. The molecule has 5 nitrogen and oxygen atoms in total. The lowest BCUT2D eigenvalue weighted by atomic mass is 10.1. The molecule has 3 aromatic rings. The molecule has 0 bridgehead atoms. The molecule has 0 atom stereocenters. The highest BCUT2D eigenvalue weighted by Crippen LogP contribution is 2.32. The van der Waals surface area contributed by atoms with E-state index in [1.165, 1.54) is 10.5 Å². The third-order valence-electron chi connectivity index (χ3n) is 5.61. The van der Waals surface area contributed by atoms with Crippen LogP contribution in [0.2, 0.25) is 0 Å². The summed E-state index contributed by atoms with van der Waals surface area (Å²) in [5.74, 6) is 0.0142. The highest BCUT2D eigenvalue weighted by Gasteiger charge is 2.23. The van der Waals surface area contributed by atoms with Crippen LogP contribution < -0.4 is 14.7 Å². The maximum absolute atomic E-state index is 13.5. The summed E-state index contributed by atoms with van der Waals surface area (Å²) in [5.41, 5.74) is 5.15. The molecule has 0 aliphatic heterocycles. The summed E-state index contributed by atoms with van der Waals surface area (Å²) >= 11 is 1.61. The number of hydrogen-bond acceptors (Lipinski definition) is 4. The molecule has 0 spiro atoms. The fourth-order valence-corrected chi connectivity index (χ4v) is 4.86. The van der Waals surface area contributed by atoms with Gasteiger partial charge in [-0.3, -0.25) is 9.69 Å². The van der Waals surface area contributed by atoms with Gasteiger partial charge in [-0.1, -0.05) is 17.4 Å². The van der Waals surface area contributed by atoms with Crippen LogP contribution >= 0.6 is 11.3 Å². The number of fused-ring (bicyclic) bond motifs is 1. The Balaban J connectivity index is 1.97. The lowest BCUT2D eigenvalue weighted by Gasteiger charge is -2.23. The standard InChI is InChI=1S/C24H32N4OS/c1-7-27(8-2)13-14-28(23(29)19-9-11-20(12-10-19)26(5)6)24-25-22-18(4)15-17(3)16-21(22)30-24/h9-12,15-16H,7-8,13-14H2,1-6H3/p+1. The first-order chi connectivity index (χ1) is 14.3. The average Bonchev–Trinajstić information content (AvgIpc) is 3.15. The smallest absolute Gasteiger partial charge is 0.260 e. The Hall–Kier alpha value is -2.44. The van der Waals surface area contributed by atoms with Crippen molar-refractivity contribution in [1.29, 1.82) is 0 Å². The largest absolute Gasteiger partial charge is 0.378 e. The Kier molecular flexibility index (Phi) is 7.10. The van der Waals surface area contributed by atoms with Crippen molar-refractivity contribution in [2.24, 2.45) is 0 Å². The monoisotopic (exact) mass is 425 g/mol. The Morgan fingerprint density at radius 2 is 1.73 bits per heavy atom. The van der Waals surface area contributed by atoms with Crippen molar-refractivity contribution in [3.05, 3.63) is 53.1 Å². The molecular formula is C24H33N4OS+. The topological polar surface area (TPSA) is 40.9 Å². The number of nitrogens with one attached hydrogen (secondary N) is 1. The van der Waals surface area contributed by atoms with Gasteiger partial charge in [0.05, 0.1) is 36.4 Å². The zero-order chi connectivity index (χ0) is 21.8. The third-order valence-corrected chi connectivity index (χ3v) is 6.64. The number of nitrogens with zero attached hydrogens (tertiary/aromatic N) is 3. The van der Waals surface area contributed by atoms with E-state index in [0.717, 1.165) is 46.2 Å². The van der Waals surface area contributed by atoms with Crippen molar-refractivity contribution in [3.8, 4) is 0 Å². The number of carbonyl (C=O) groups excluding carboxylic acids is 1. The van der Waals surface area contributed by atoms with Crippen LogP contribution in [0.3, 0.4) is 0 Å². The number of benzene rings is 2. The molecule has 0 unspecified atom stereocenters. The Morgan fingerprint density at radius 1 is 1.07 bits per heavy atom. The normalized spacial score (nSPS) is 11.3. The summed E-state index contributed by atoms with van der Waals surface area (Å²) in [6.45, 7) is 12.2. The second-order valence-corrected chi connectivity index (χ2v) is 9.04. The van der Waals surface area contributed by atoms with Crippen molar-refractivity contribution >= 4 is 38.3 Å². The fraction of sp³-hybridized carbons (Fsp3) is 0.417. The van der Waals surface area contributed by atoms with Gasteiger partial charge >= 0.3 is 0 Å². The second kappa shape index (κ2) is 9.58. The molecule has 0 aliphatic rings. The molecule has 1 aromatic heterocycles. The van der Waals surface area contributed by atoms with Crippen LogP contribution in [0.5, 0.6) is 0 Å². The van der Waals surface area contributed by atoms with Gasteiger partial charge in [0.25, 0.3) is 5.91 Å². The van der Waals surface area contributed by atoms with E-state index in [0.29, 0.717) is 12.1 Å². The van der Waals surface area contributed by atoms with Crippen LogP contribution in [0.25, 0.3) is 10.2 Å². The van der Waals surface area contributed by atoms with E-state index >= 15 is 0 Å². The number of aryl methyl sites for hydroxylation is 2. The minimum absolute atomic E-state index is 0.0142. The predicted molar refractivity (Wildman–Crippen MR) is 128 cm³/mol. The summed E-state index contributed by atoms with van der Waals surface area (Å²) in [6, 6.07) is 12.1. The molecule has 0 saturated carbocycles. The second-order valence-electron chi connectivity index (χ2n) is 8.03. The highest BCUT2D eigenvalue weighted by molar-refractivity contribution is 7.22. The number of anilines is 2. The Labute approximate surface area is 183 Å². The van der Waals surface area contributed by atoms with Crippen LogP contribution in [0.1, 0.15) is 35.3 Å². The van der Waals surface area contributed by atoms with Crippen molar-refractivity contribution < 1.29 is 9.69 Å². The van der Waals surface area contributed by atoms with Gasteiger partial charge in [-0.2, -0.15) is 0 Å². The first kappa shape index (κ1) is 22.2. The first-order valence-corrected chi connectivity index (χ1v) is 11.5. The van der Waals surface area contributed by atoms with Gasteiger partial charge in [0.1, 0.15) is 0 Å². The summed E-state index contributed by atoms with van der Waals surface area (Å²) in [6.07, 6.45) is 0. The van der Waals surface area contributed by atoms with Crippen LogP contribution in [-0.4, -0.2) is 51.2 Å². The zero-order valence-electron chi connectivity index (χ0n) is 19.0. The lowest BCUT2D eigenvalue weighted by molar-refractivity contribution is -0.894. The van der Waals surface area contributed by atoms with Gasteiger partial charge in [-0.05, 0) is 69.2 Å². The SMILES string of the molecule is CC[NH+](CC)CCN(C(=O)c1ccc(N(C)C)cc1)c1nc2c(C)cc(C)cc2s1. The number of thiazole rings is 1.